The molecule has 8 heteroatoms. The van der Waals surface area contributed by atoms with E-state index in [-0.39, 0.29) is 34.7 Å². The zero-order valence-corrected chi connectivity index (χ0v) is 21.8. The van der Waals surface area contributed by atoms with Crippen molar-refractivity contribution < 1.29 is 19.1 Å². The fourth-order valence-electron chi connectivity index (χ4n) is 5.37. The Bertz CT molecular complexity index is 1550. The molecule has 1 N–H and O–H groups in total. The molecule has 0 unspecified atom stereocenters. The average Bonchev–Trinajstić information content (AvgIpc) is 3.22. The van der Waals surface area contributed by atoms with Crippen LogP contribution in [0.1, 0.15) is 61.7 Å². The van der Waals surface area contributed by atoms with Crippen LogP contribution >= 0.6 is 0 Å². The number of fused-ring (bicyclic) bond motifs is 2. The van der Waals surface area contributed by atoms with E-state index in [1.54, 1.807) is 24.6 Å². The summed E-state index contributed by atoms with van der Waals surface area (Å²) >= 11 is 0. The molecule has 1 aliphatic rings. The second-order valence-electron chi connectivity index (χ2n) is 9.75. The number of rotatable bonds is 6. The number of carbonyl (C=O) groups is 1. The largest absolute Gasteiger partial charge is 0.507 e. The van der Waals surface area contributed by atoms with E-state index in [0.29, 0.717) is 46.9 Å². The number of phenols is 1. The standard InChI is InChI=1S/C29H33N3O5/c1-5-18-15-19-25(34)23(28-30-21-12-7-8-13-22(21)31(28)4)27(29(35)36-6-2)37-26(19)20(24(18)33)16-32-14-10-9-11-17(32)3/h7-8,12-13,15,17,33H,5-6,9-11,14,16H2,1-4H3/t17-/m0/s1. The topological polar surface area (TPSA) is 97.8 Å². The van der Waals surface area contributed by atoms with Gasteiger partial charge >= 0.3 is 5.97 Å². The van der Waals surface area contributed by atoms with Crippen molar-refractivity contribution in [3.8, 4) is 17.1 Å². The Morgan fingerprint density at radius 2 is 2.03 bits per heavy atom. The van der Waals surface area contributed by atoms with Crippen molar-refractivity contribution in [2.45, 2.75) is 59.0 Å². The van der Waals surface area contributed by atoms with Crippen molar-refractivity contribution in [2.24, 2.45) is 7.05 Å². The van der Waals surface area contributed by atoms with Gasteiger partial charge in [-0.05, 0) is 63.4 Å². The van der Waals surface area contributed by atoms with Crippen LogP contribution in [0.25, 0.3) is 33.4 Å². The molecule has 1 saturated heterocycles. The van der Waals surface area contributed by atoms with Crippen LogP contribution in [0.15, 0.2) is 39.5 Å². The summed E-state index contributed by atoms with van der Waals surface area (Å²) in [4.78, 5) is 34.3. The Hall–Kier alpha value is -3.65. The molecule has 2 aromatic carbocycles. The second kappa shape index (κ2) is 10.0. The van der Waals surface area contributed by atoms with Gasteiger partial charge in [0.1, 0.15) is 22.7 Å². The predicted octanol–water partition coefficient (Wildman–Crippen LogP) is 5.17. The van der Waals surface area contributed by atoms with E-state index in [9.17, 15) is 14.7 Å². The van der Waals surface area contributed by atoms with E-state index in [2.05, 4.69) is 16.8 Å². The second-order valence-corrected chi connectivity index (χ2v) is 9.75. The summed E-state index contributed by atoms with van der Waals surface area (Å²) in [7, 11) is 1.81. The molecule has 1 fully saturated rings. The molecule has 0 spiro atoms. The molecule has 4 aromatic rings. The quantitative estimate of drug-likeness (QED) is 0.363. The molecular formula is C29H33N3O5. The maximum absolute atomic E-state index is 14.2. The molecule has 0 aliphatic carbocycles. The summed E-state index contributed by atoms with van der Waals surface area (Å²) in [6, 6.07) is 9.55. The van der Waals surface area contributed by atoms with Gasteiger partial charge in [-0.25, -0.2) is 9.78 Å². The zero-order chi connectivity index (χ0) is 26.3. The third-order valence-corrected chi connectivity index (χ3v) is 7.48. The van der Waals surface area contributed by atoms with Gasteiger partial charge in [0, 0.05) is 19.6 Å². The number of ether oxygens (including phenoxy) is 1. The van der Waals surface area contributed by atoms with Crippen LogP contribution < -0.4 is 5.43 Å². The molecule has 0 amide bonds. The maximum Gasteiger partial charge on any atom is 0.375 e. The van der Waals surface area contributed by atoms with E-state index < -0.39 is 5.97 Å². The highest BCUT2D eigenvalue weighted by Gasteiger charge is 2.30. The van der Waals surface area contributed by atoms with Gasteiger partial charge in [0.15, 0.2) is 0 Å². The number of esters is 1. The Labute approximate surface area is 215 Å². The minimum Gasteiger partial charge on any atom is -0.507 e. The minimum atomic E-state index is -0.736. The lowest BCUT2D eigenvalue weighted by atomic mass is 9.97. The van der Waals surface area contributed by atoms with E-state index in [0.717, 1.165) is 24.9 Å². The molecule has 0 bridgehead atoms. The SMILES string of the molecule is CCOC(=O)c1oc2c(CN3CCCC[C@@H]3C)c(O)c(CC)cc2c(=O)c1-c1nc2ccccc2n1C. The average molecular weight is 504 g/mol. The fourth-order valence-corrected chi connectivity index (χ4v) is 5.37. The summed E-state index contributed by atoms with van der Waals surface area (Å²) in [5, 5.41) is 11.6. The summed E-state index contributed by atoms with van der Waals surface area (Å²) in [5.41, 5.74) is 2.64. The van der Waals surface area contributed by atoms with Gasteiger partial charge in [-0.1, -0.05) is 25.5 Å². The number of likely N-dealkylation sites (tertiary alicyclic amines) is 1. The molecule has 8 nitrogen and oxygen atoms in total. The molecule has 5 rings (SSSR count). The van der Waals surface area contributed by atoms with Crippen LogP contribution in [-0.2, 0) is 24.8 Å². The number of nitrogens with zero attached hydrogens (tertiary/aromatic N) is 3. The Morgan fingerprint density at radius 3 is 2.73 bits per heavy atom. The van der Waals surface area contributed by atoms with Crippen LogP contribution in [0.2, 0.25) is 0 Å². The van der Waals surface area contributed by atoms with Gasteiger partial charge in [-0.15, -0.1) is 0 Å². The third-order valence-electron chi connectivity index (χ3n) is 7.48. The van der Waals surface area contributed by atoms with Crippen molar-refractivity contribution in [3.63, 3.8) is 0 Å². The number of aromatic hydroxyl groups is 1. The van der Waals surface area contributed by atoms with E-state index >= 15 is 0 Å². The number of hydrogen-bond acceptors (Lipinski definition) is 7. The number of aryl methyl sites for hydroxylation is 2. The molecule has 0 saturated carbocycles. The molecule has 1 aliphatic heterocycles. The van der Waals surface area contributed by atoms with Crippen molar-refractivity contribution in [1.29, 1.82) is 0 Å². The predicted molar refractivity (Wildman–Crippen MR) is 143 cm³/mol. The Balaban J connectivity index is 1.82. The van der Waals surface area contributed by atoms with Crippen LogP contribution in [0.3, 0.4) is 0 Å². The number of carbonyl (C=O) groups excluding carboxylic acids is 1. The summed E-state index contributed by atoms with van der Waals surface area (Å²) in [6.07, 6.45) is 3.86. The van der Waals surface area contributed by atoms with Gasteiger partial charge in [-0.3, -0.25) is 9.69 Å². The highest BCUT2D eigenvalue weighted by Crippen LogP contribution is 2.36. The summed E-state index contributed by atoms with van der Waals surface area (Å²) in [6.45, 7) is 7.26. The highest BCUT2D eigenvalue weighted by atomic mass is 16.5. The van der Waals surface area contributed by atoms with Crippen LogP contribution in [0.4, 0.5) is 0 Å². The first kappa shape index (κ1) is 25.0. The molecule has 194 valence electrons. The molecule has 1 atom stereocenters. The smallest absolute Gasteiger partial charge is 0.375 e. The Kier molecular flexibility index (Phi) is 6.77. The molecule has 0 radical (unpaired) electrons. The highest BCUT2D eigenvalue weighted by molar-refractivity contribution is 5.98. The van der Waals surface area contributed by atoms with Crippen molar-refractivity contribution in [2.75, 3.05) is 13.2 Å². The number of aromatic nitrogens is 2. The maximum atomic E-state index is 14.2. The van der Waals surface area contributed by atoms with Crippen LogP contribution in [0.5, 0.6) is 5.75 Å². The van der Waals surface area contributed by atoms with Gasteiger partial charge in [-0.2, -0.15) is 0 Å². The van der Waals surface area contributed by atoms with Crippen LogP contribution in [-0.4, -0.2) is 44.7 Å². The fraction of sp³-hybridized carbons (Fsp3) is 0.414. The number of benzene rings is 2. The van der Waals surface area contributed by atoms with E-state index in [1.165, 1.54) is 6.42 Å². The number of para-hydroxylation sites is 2. The first-order valence-corrected chi connectivity index (χ1v) is 13.0. The number of imidazole rings is 1. The number of hydrogen-bond donors (Lipinski definition) is 1. The summed E-state index contributed by atoms with van der Waals surface area (Å²) < 4.78 is 13.4. The third kappa shape index (κ3) is 4.29. The van der Waals surface area contributed by atoms with Crippen molar-refractivity contribution in [1.82, 2.24) is 14.5 Å². The van der Waals surface area contributed by atoms with Crippen molar-refractivity contribution >= 4 is 28.0 Å². The monoisotopic (exact) mass is 503 g/mol. The number of phenolic OH excluding ortho intramolecular Hbond substituents is 1. The normalized spacial score (nSPS) is 16.5. The van der Waals surface area contributed by atoms with Crippen molar-refractivity contribution in [3.05, 3.63) is 57.4 Å². The molecule has 2 aromatic heterocycles. The summed E-state index contributed by atoms with van der Waals surface area (Å²) in [5.74, 6) is -0.493. The Morgan fingerprint density at radius 1 is 1.24 bits per heavy atom. The van der Waals surface area contributed by atoms with Gasteiger partial charge in [0.05, 0.1) is 28.6 Å². The first-order valence-electron chi connectivity index (χ1n) is 13.0. The van der Waals surface area contributed by atoms with Gasteiger partial charge < -0.3 is 18.8 Å². The zero-order valence-electron chi connectivity index (χ0n) is 21.8. The van der Waals surface area contributed by atoms with Crippen LogP contribution in [0, 0.1) is 0 Å². The lowest BCUT2D eigenvalue weighted by molar-refractivity contribution is 0.0491. The first-order chi connectivity index (χ1) is 17.8. The molecular weight excluding hydrogens is 470 g/mol. The van der Waals surface area contributed by atoms with E-state index in [1.807, 2.05) is 31.2 Å². The lowest BCUT2D eigenvalue weighted by Gasteiger charge is -2.33. The molecule has 37 heavy (non-hydrogen) atoms. The lowest BCUT2D eigenvalue weighted by Crippen LogP contribution is -2.36. The number of piperidine rings is 1. The molecule has 3 heterocycles. The van der Waals surface area contributed by atoms with E-state index in [4.69, 9.17) is 9.15 Å². The van der Waals surface area contributed by atoms with Gasteiger partial charge in [0.2, 0.25) is 11.2 Å². The van der Waals surface area contributed by atoms with Gasteiger partial charge in [0.25, 0.3) is 0 Å². The minimum absolute atomic E-state index is 0.0645.